The normalized spacial score (nSPS) is 12.2. The second-order valence-electron chi connectivity index (χ2n) is 13.7. The molecule has 0 aliphatic carbocycles. The monoisotopic (exact) mass is 671 g/mol. The third-order valence-corrected chi connectivity index (χ3v) is 14.0. The van der Waals surface area contributed by atoms with Crippen molar-refractivity contribution in [1.29, 1.82) is 0 Å². The summed E-state index contributed by atoms with van der Waals surface area (Å²) in [5.74, 6) is 1.59. The van der Waals surface area contributed by atoms with E-state index in [1.807, 2.05) is 83.4 Å². The lowest BCUT2D eigenvalue weighted by Crippen LogP contribution is -2.41. The van der Waals surface area contributed by atoms with Gasteiger partial charge in [-0.1, -0.05) is 124 Å². The molecule has 0 fully saturated rings. The van der Waals surface area contributed by atoms with Crippen LogP contribution < -0.4 is 14.8 Å². The Bertz CT molecular complexity index is 1920. The van der Waals surface area contributed by atoms with Gasteiger partial charge in [0, 0.05) is 6.54 Å². The maximum atomic E-state index is 6.54. The third-order valence-electron chi connectivity index (χ3n) is 9.49. The molecule has 252 valence electrons. The Hall–Kier alpha value is -4.99. The fourth-order valence-electron chi connectivity index (χ4n) is 5.68. The summed E-state index contributed by atoms with van der Waals surface area (Å²) in [6.07, 6.45) is 1.80. The van der Waals surface area contributed by atoms with Crippen LogP contribution in [0.3, 0.4) is 0 Å². The van der Waals surface area contributed by atoms with E-state index in [0.717, 1.165) is 28.0 Å². The number of fused-ring (bicyclic) bond motifs is 1. The Kier molecular flexibility index (Phi) is 9.85. The van der Waals surface area contributed by atoms with Crippen molar-refractivity contribution in [2.75, 3.05) is 19.0 Å². The van der Waals surface area contributed by atoms with Gasteiger partial charge in [0.05, 0.1) is 20.0 Å². The number of ether oxygens (including phenoxy) is 2. The van der Waals surface area contributed by atoms with Crippen molar-refractivity contribution >= 4 is 25.4 Å². The number of imidazole rings is 1. The predicted octanol–water partition coefficient (Wildman–Crippen LogP) is 8.84. The van der Waals surface area contributed by atoms with Crippen LogP contribution in [0.2, 0.25) is 18.1 Å². The molecule has 0 saturated carbocycles. The summed E-state index contributed by atoms with van der Waals surface area (Å²) in [7, 11) is -0.265. The highest BCUT2D eigenvalue weighted by Gasteiger charge is 2.38. The van der Waals surface area contributed by atoms with E-state index in [4.69, 9.17) is 28.9 Å². The number of hydrogen-bond acceptors (Lipinski definition) is 7. The van der Waals surface area contributed by atoms with Crippen LogP contribution in [0.25, 0.3) is 11.2 Å². The van der Waals surface area contributed by atoms with Gasteiger partial charge >= 0.3 is 0 Å². The van der Waals surface area contributed by atoms with E-state index >= 15 is 0 Å². The maximum absolute atomic E-state index is 6.54. The molecule has 8 nitrogen and oxygen atoms in total. The SMILES string of the molecule is COc1ccc(C(Nc2nc(OCc3ccccc3)c3ncn(CCO[Si](C)(C)C(C)(C)C)c3n2)(c2ccccc2)c2ccccc2)cc1. The van der Waals surface area contributed by atoms with Crippen molar-refractivity contribution in [3.8, 4) is 11.6 Å². The van der Waals surface area contributed by atoms with Gasteiger partial charge in [-0.05, 0) is 52.5 Å². The zero-order valence-electron chi connectivity index (χ0n) is 29.2. The minimum absolute atomic E-state index is 0.112. The molecule has 0 saturated heterocycles. The van der Waals surface area contributed by atoms with Crippen LogP contribution in [-0.2, 0) is 23.1 Å². The van der Waals surface area contributed by atoms with Crippen LogP contribution in [0.5, 0.6) is 11.6 Å². The molecule has 0 radical (unpaired) electrons. The van der Waals surface area contributed by atoms with Gasteiger partial charge in [0.15, 0.2) is 19.5 Å². The molecule has 1 N–H and O–H groups in total. The number of nitrogens with zero attached hydrogens (tertiary/aromatic N) is 4. The summed E-state index contributed by atoms with van der Waals surface area (Å²) in [5, 5.41) is 3.93. The average Bonchev–Trinajstić information content (AvgIpc) is 3.53. The first kappa shape index (κ1) is 33.9. The van der Waals surface area contributed by atoms with Crippen LogP contribution >= 0.6 is 0 Å². The lowest BCUT2D eigenvalue weighted by molar-refractivity contribution is 0.273. The first-order chi connectivity index (χ1) is 23.6. The largest absolute Gasteiger partial charge is 0.497 e. The first-order valence-electron chi connectivity index (χ1n) is 16.7. The number of rotatable bonds is 13. The van der Waals surface area contributed by atoms with Crippen molar-refractivity contribution < 1.29 is 13.9 Å². The van der Waals surface area contributed by atoms with Crippen LogP contribution in [0.15, 0.2) is 122 Å². The van der Waals surface area contributed by atoms with Crippen molar-refractivity contribution in [3.63, 3.8) is 0 Å². The predicted molar refractivity (Wildman–Crippen MR) is 199 cm³/mol. The third kappa shape index (κ3) is 7.23. The minimum Gasteiger partial charge on any atom is -0.497 e. The van der Waals surface area contributed by atoms with Crippen LogP contribution in [0.4, 0.5) is 5.95 Å². The van der Waals surface area contributed by atoms with Gasteiger partial charge in [-0.15, -0.1) is 0 Å². The standard InChI is InChI=1S/C40H45N5O3Si/c1-39(2,3)49(5,6)48-27-26-45-29-41-35-36(45)42-38(43-37(35)47-28-30-16-10-7-11-17-30)44-40(31-18-12-8-13-19-31,32-20-14-9-15-21-32)33-22-24-34(46-4)25-23-33/h7-25,29H,26-28H2,1-6H3,(H,42,43,44). The number of nitrogens with one attached hydrogen (secondary N) is 1. The molecular weight excluding hydrogens is 627 g/mol. The van der Waals surface area contributed by atoms with E-state index in [9.17, 15) is 0 Å². The molecule has 6 rings (SSSR count). The summed E-state index contributed by atoms with van der Waals surface area (Å²) in [6.45, 7) is 12.8. The van der Waals surface area contributed by atoms with Gasteiger partial charge in [-0.2, -0.15) is 9.97 Å². The van der Waals surface area contributed by atoms with Gasteiger partial charge < -0.3 is 23.8 Å². The number of benzene rings is 4. The van der Waals surface area contributed by atoms with Crippen molar-refractivity contribution in [2.45, 2.75) is 57.6 Å². The Labute approximate surface area is 290 Å². The highest BCUT2D eigenvalue weighted by Crippen LogP contribution is 2.41. The second kappa shape index (κ2) is 14.2. The number of hydrogen-bond donors (Lipinski definition) is 1. The molecule has 0 amide bonds. The second-order valence-corrected chi connectivity index (χ2v) is 18.5. The highest BCUT2D eigenvalue weighted by molar-refractivity contribution is 6.74. The molecule has 4 aromatic carbocycles. The van der Waals surface area contributed by atoms with E-state index in [1.54, 1.807) is 13.4 Å². The van der Waals surface area contributed by atoms with Gasteiger partial charge in [0.2, 0.25) is 11.8 Å². The van der Waals surface area contributed by atoms with Crippen LogP contribution in [-0.4, -0.2) is 41.6 Å². The zero-order chi connectivity index (χ0) is 34.5. The van der Waals surface area contributed by atoms with Crippen LogP contribution in [0, 0.1) is 0 Å². The molecule has 0 aliphatic rings. The number of anilines is 1. The van der Waals surface area contributed by atoms with E-state index < -0.39 is 13.9 Å². The summed E-state index contributed by atoms with van der Waals surface area (Å²) in [6, 6.07) is 38.9. The summed E-state index contributed by atoms with van der Waals surface area (Å²) >= 11 is 0. The topological polar surface area (TPSA) is 83.3 Å². The van der Waals surface area contributed by atoms with Gasteiger partial charge in [-0.3, -0.25) is 0 Å². The average molecular weight is 672 g/mol. The Morgan fingerprint density at radius 1 is 0.735 bits per heavy atom. The molecule has 9 heteroatoms. The lowest BCUT2D eigenvalue weighted by atomic mass is 9.77. The van der Waals surface area contributed by atoms with Crippen molar-refractivity contribution in [3.05, 3.63) is 144 Å². The molecule has 6 aromatic rings. The molecule has 0 unspecified atom stereocenters. The van der Waals surface area contributed by atoms with Gasteiger partial charge in [0.25, 0.3) is 0 Å². The Morgan fingerprint density at radius 3 is 1.88 bits per heavy atom. The van der Waals surface area contributed by atoms with Gasteiger partial charge in [-0.25, -0.2) is 4.98 Å². The molecule has 0 spiro atoms. The van der Waals surface area contributed by atoms with E-state index in [-0.39, 0.29) is 5.04 Å². The maximum Gasteiger partial charge on any atom is 0.247 e. The van der Waals surface area contributed by atoms with E-state index in [2.05, 4.69) is 75.6 Å². The lowest BCUT2D eigenvalue weighted by Gasteiger charge is -2.37. The zero-order valence-corrected chi connectivity index (χ0v) is 30.2. The molecule has 0 bridgehead atoms. The summed E-state index contributed by atoms with van der Waals surface area (Å²) in [5.41, 5.74) is 4.49. The smallest absolute Gasteiger partial charge is 0.247 e. The highest BCUT2D eigenvalue weighted by atomic mass is 28.4. The molecule has 49 heavy (non-hydrogen) atoms. The molecular formula is C40H45N5O3Si. The van der Waals surface area contributed by atoms with Gasteiger partial charge in [0.1, 0.15) is 17.9 Å². The van der Waals surface area contributed by atoms with Crippen molar-refractivity contribution in [2.24, 2.45) is 0 Å². The van der Waals surface area contributed by atoms with Crippen LogP contribution in [0.1, 0.15) is 43.0 Å². The molecule has 2 heterocycles. The van der Waals surface area contributed by atoms with E-state index in [0.29, 0.717) is 42.8 Å². The Balaban J connectivity index is 1.48. The fourth-order valence-corrected chi connectivity index (χ4v) is 6.72. The minimum atomic E-state index is -1.94. The Morgan fingerprint density at radius 2 is 1.31 bits per heavy atom. The van der Waals surface area contributed by atoms with Crippen molar-refractivity contribution in [1.82, 2.24) is 19.5 Å². The van der Waals surface area contributed by atoms with E-state index in [1.165, 1.54) is 0 Å². The summed E-state index contributed by atoms with van der Waals surface area (Å²) < 4.78 is 20.5. The number of methoxy groups -OCH3 is 1. The first-order valence-corrected chi connectivity index (χ1v) is 19.6. The molecule has 2 aromatic heterocycles. The molecule has 0 atom stereocenters. The molecule has 0 aliphatic heterocycles. The summed E-state index contributed by atoms with van der Waals surface area (Å²) in [4.78, 5) is 14.9. The number of aromatic nitrogens is 4. The quantitative estimate of drug-likeness (QED) is 0.0970. The fraction of sp³-hybridized carbons (Fsp3) is 0.275.